The van der Waals surface area contributed by atoms with Gasteiger partial charge in [-0.1, -0.05) is 157 Å². The van der Waals surface area contributed by atoms with Gasteiger partial charge in [0.05, 0.1) is 5.41 Å². The van der Waals surface area contributed by atoms with Crippen molar-refractivity contribution in [1.82, 2.24) is 0 Å². The minimum atomic E-state index is -0.347. The molecule has 39 heavy (non-hydrogen) atoms. The number of hydrogen-bond donors (Lipinski definition) is 0. The van der Waals surface area contributed by atoms with E-state index in [1.165, 1.54) is 61.2 Å². The van der Waals surface area contributed by atoms with Crippen molar-refractivity contribution in [3.05, 3.63) is 191 Å². The third-order valence-electron chi connectivity index (χ3n) is 8.27. The van der Waals surface area contributed by atoms with Crippen LogP contribution < -0.4 is 0 Å². The van der Waals surface area contributed by atoms with E-state index in [4.69, 9.17) is 0 Å². The van der Waals surface area contributed by atoms with E-state index in [1.807, 2.05) is 0 Å². The zero-order chi connectivity index (χ0) is 26.2. The zero-order valence-corrected chi connectivity index (χ0v) is 22.1. The van der Waals surface area contributed by atoms with Crippen molar-refractivity contribution < 1.29 is 0 Å². The van der Waals surface area contributed by atoms with Crippen molar-refractivity contribution in [1.29, 1.82) is 0 Å². The Labute approximate surface area is 231 Å². The summed E-state index contributed by atoms with van der Waals surface area (Å²) in [4.78, 5) is 0. The van der Waals surface area contributed by atoms with Gasteiger partial charge in [0.2, 0.25) is 0 Å². The Bertz CT molecular complexity index is 1700. The third kappa shape index (κ3) is 3.92. The van der Waals surface area contributed by atoms with E-state index in [0.29, 0.717) is 0 Å². The summed E-state index contributed by atoms with van der Waals surface area (Å²) in [6.45, 7) is 2.13. The zero-order valence-electron chi connectivity index (χ0n) is 22.1. The number of aryl methyl sites for hydroxylation is 1. The van der Waals surface area contributed by atoms with Crippen LogP contribution in [-0.4, -0.2) is 0 Å². The molecule has 0 heterocycles. The maximum Gasteiger partial charge on any atom is 0.0713 e. The SMILES string of the molecule is Cc1ccc(-c2ccc(Cc3ccc4c(c3)C(c3ccccc3)(c3ccccc3)c3ccccc3-4)cc2)cc1. The summed E-state index contributed by atoms with van der Waals surface area (Å²) in [5.41, 5.74) is 14.1. The molecule has 0 saturated heterocycles. The number of hydrogen-bond acceptors (Lipinski definition) is 0. The van der Waals surface area contributed by atoms with Crippen molar-refractivity contribution in [2.75, 3.05) is 0 Å². The van der Waals surface area contributed by atoms with Gasteiger partial charge in [-0.2, -0.15) is 0 Å². The van der Waals surface area contributed by atoms with E-state index in [0.717, 1.165) is 6.42 Å². The first-order valence-corrected chi connectivity index (χ1v) is 13.7. The Morgan fingerprint density at radius 3 is 1.59 bits per heavy atom. The first-order valence-electron chi connectivity index (χ1n) is 13.7. The van der Waals surface area contributed by atoms with E-state index >= 15 is 0 Å². The molecule has 6 aromatic carbocycles. The third-order valence-corrected chi connectivity index (χ3v) is 8.27. The van der Waals surface area contributed by atoms with Crippen molar-refractivity contribution in [3.63, 3.8) is 0 Å². The Morgan fingerprint density at radius 2 is 0.949 bits per heavy atom. The fourth-order valence-corrected chi connectivity index (χ4v) is 6.40. The van der Waals surface area contributed by atoms with Crippen LogP contribution in [0, 0.1) is 6.92 Å². The molecule has 0 bridgehead atoms. The molecule has 0 spiro atoms. The smallest absolute Gasteiger partial charge is 0.0622 e. The second kappa shape index (κ2) is 9.57. The molecule has 0 fully saturated rings. The van der Waals surface area contributed by atoms with E-state index in [1.54, 1.807) is 0 Å². The molecule has 0 amide bonds. The molecular formula is C39H30. The van der Waals surface area contributed by atoms with Gasteiger partial charge < -0.3 is 0 Å². The lowest BCUT2D eigenvalue weighted by Crippen LogP contribution is -2.28. The fraction of sp³-hybridized carbons (Fsp3) is 0.0769. The highest BCUT2D eigenvalue weighted by atomic mass is 14.5. The molecule has 0 N–H and O–H groups in total. The number of fused-ring (bicyclic) bond motifs is 3. The Morgan fingerprint density at radius 1 is 0.436 bits per heavy atom. The first-order chi connectivity index (χ1) is 19.2. The van der Waals surface area contributed by atoms with E-state index < -0.39 is 0 Å². The number of rotatable bonds is 5. The van der Waals surface area contributed by atoms with Gasteiger partial charge in [-0.3, -0.25) is 0 Å². The Hall–Kier alpha value is -4.68. The van der Waals surface area contributed by atoms with Crippen molar-refractivity contribution >= 4 is 0 Å². The monoisotopic (exact) mass is 498 g/mol. The van der Waals surface area contributed by atoms with Gasteiger partial charge in [-0.25, -0.2) is 0 Å². The molecule has 0 unspecified atom stereocenters. The van der Waals surface area contributed by atoms with Gasteiger partial charge in [0.1, 0.15) is 0 Å². The average Bonchev–Trinajstić information content (AvgIpc) is 3.29. The summed E-state index contributed by atoms with van der Waals surface area (Å²) >= 11 is 0. The molecule has 0 nitrogen and oxygen atoms in total. The molecule has 1 aliphatic rings. The quantitative estimate of drug-likeness (QED) is 0.222. The molecule has 0 radical (unpaired) electrons. The van der Waals surface area contributed by atoms with Crippen LogP contribution in [0.5, 0.6) is 0 Å². The van der Waals surface area contributed by atoms with Gasteiger partial charge >= 0.3 is 0 Å². The van der Waals surface area contributed by atoms with Gasteiger partial charge in [0.25, 0.3) is 0 Å². The van der Waals surface area contributed by atoms with Crippen LogP contribution in [-0.2, 0) is 11.8 Å². The molecule has 6 aromatic rings. The molecule has 0 saturated carbocycles. The van der Waals surface area contributed by atoms with Crippen molar-refractivity contribution in [2.24, 2.45) is 0 Å². The van der Waals surface area contributed by atoms with E-state index in [9.17, 15) is 0 Å². The molecule has 0 aromatic heterocycles. The van der Waals surface area contributed by atoms with Gasteiger partial charge in [0.15, 0.2) is 0 Å². The average molecular weight is 499 g/mol. The summed E-state index contributed by atoms with van der Waals surface area (Å²) in [5.74, 6) is 0. The van der Waals surface area contributed by atoms with Gasteiger partial charge in [-0.05, 0) is 69.0 Å². The van der Waals surface area contributed by atoms with Crippen LogP contribution in [0.15, 0.2) is 152 Å². The minimum absolute atomic E-state index is 0.347. The molecule has 0 heteroatoms. The Balaban J connectivity index is 1.34. The second-order valence-corrected chi connectivity index (χ2v) is 10.6. The summed E-state index contributed by atoms with van der Waals surface area (Å²) < 4.78 is 0. The largest absolute Gasteiger partial charge is 0.0713 e. The highest BCUT2D eigenvalue weighted by Gasteiger charge is 2.45. The second-order valence-electron chi connectivity index (χ2n) is 10.6. The van der Waals surface area contributed by atoms with Crippen molar-refractivity contribution in [3.8, 4) is 22.3 Å². The topological polar surface area (TPSA) is 0 Å². The van der Waals surface area contributed by atoms with Crippen LogP contribution in [0.4, 0.5) is 0 Å². The highest BCUT2D eigenvalue weighted by Crippen LogP contribution is 2.56. The summed E-state index contributed by atoms with van der Waals surface area (Å²) in [6, 6.07) is 55.9. The van der Waals surface area contributed by atoms with Crippen molar-refractivity contribution in [2.45, 2.75) is 18.8 Å². The molecular weight excluding hydrogens is 468 g/mol. The molecule has 0 aliphatic heterocycles. The number of benzene rings is 6. The predicted molar refractivity (Wildman–Crippen MR) is 163 cm³/mol. The maximum atomic E-state index is 2.46. The maximum absolute atomic E-state index is 2.46. The van der Waals surface area contributed by atoms with Crippen LogP contribution >= 0.6 is 0 Å². The highest BCUT2D eigenvalue weighted by molar-refractivity contribution is 5.86. The fourth-order valence-electron chi connectivity index (χ4n) is 6.40. The summed E-state index contributed by atoms with van der Waals surface area (Å²) in [5, 5.41) is 0. The first kappa shape index (κ1) is 23.4. The van der Waals surface area contributed by atoms with Crippen LogP contribution in [0.1, 0.15) is 38.9 Å². The Kier molecular flexibility index (Phi) is 5.75. The van der Waals surface area contributed by atoms with Crippen LogP contribution in [0.25, 0.3) is 22.3 Å². The lowest BCUT2D eigenvalue weighted by molar-refractivity contribution is 0.767. The summed E-state index contributed by atoms with van der Waals surface area (Å²) in [7, 11) is 0. The summed E-state index contributed by atoms with van der Waals surface area (Å²) in [6.07, 6.45) is 0.900. The van der Waals surface area contributed by atoms with Crippen LogP contribution in [0.2, 0.25) is 0 Å². The van der Waals surface area contributed by atoms with Gasteiger partial charge in [0, 0.05) is 0 Å². The van der Waals surface area contributed by atoms with Crippen LogP contribution in [0.3, 0.4) is 0 Å². The molecule has 1 aliphatic carbocycles. The normalized spacial score (nSPS) is 13.1. The van der Waals surface area contributed by atoms with E-state index in [-0.39, 0.29) is 5.41 Å². The molecule has 7 rings (SSSR count). The molecule has 0 atom stereocenters. The van der Waals surface area contributed by atoms with Gasteiger partial charge in [-0.15, -0.1) is 0 Å². The lowest BCUT2D eigenvalue weighted by atomic mass is 9.67. The van der Waals surface area contributed by atoms with E-state index in [2.05, 4.69) is 159 Å². The minimum Gasteiger partial charge on any atom is -0.0622 e. The lowest BCUT2D eigenvalue weighted by Gasteiger charge is -2.34. The standard InChI is InChI=1S/C39H30/c1-28-16-21-31(22-17-28)32-23-18-29(19-24-32)26-30-20-25-36-35-14-8-9-15-37(35)39(38(36)27-30,33-10-4-2-5-11-33)34-12-6-3-7-13-34/h2-25,27H,26H2,1H3. The molecule has 186 valence electrons. The predicted octanol–water partition coefficient (Wildman–Crippen LogP) is 9.62.